The van der Waals surface area contributed by atoms with E-state index in [1.165, 1.54) is 0 Å². The Labute approximate surface area is 62.8 Å². The highest BCUT2D eigenvalue weighted by molar-refractivity contribution is 4.99. The average Bonchev–Trinajstić information content (AvgIpc) is 1.89. The molecule has 1 atom stereocenters. The second-order valence-corrected chi connectivity index (χ2v) is 3.47. The molecule has 0 aromatic carbocycles. The van der Waals surface area contributed by atoms with Crippen molar-refractivity contribution >= 4 is 0 Å². The molecule has 0 saturated heterocycles. The van der Waals surface area contributed by atoms with E-state index in [-0.39, 0.29) is 0 Å². The fourth-order valence-corrected chi connectivity index (χ4v) is 1.36. The van der Waals surface area contributed by atoms with Crippen LogP contribution < -0.4 is 0 Å². The molecule has 0 amide bonds. The minimum Gasteiger partial charge on any atom is -0.389 e. The number of hydrogen-bond acceptors (Lipinski definition) is 1. The molecule has 58 valence electrons. The molecular formula is C9H16O. The van der Waals surface area contributed by atoms with Crippen LogP contribution in [0.25, 0.3) is 0 Å². The van der Waals surface area contributed by atoms with Crippen molar-refractivity contribution in [2.45, 2.75) is 38.7 Å². The smallest absolute Gasteiger partial charge is 0.0707 e. The van der Waals surface area contributed by atoms with Crippen molar-refractivity contribution in [3.8, 4) is 0 Å². The van der Waals surface area contributed by atoms with Crippen LogP contribution in [0.1, 0.15) is 33.1 Å². The van der Waals surface area contributed by atoms with Gasteiger partial charge in [-0.15, -0.1) is 0 Å². The van der Waals surface area contributed by atoms with Gasteiger partial charge in [0.05, 0.1) is 5.60 Å². The van der Waals surface area contributed by atoms with Gasteiger partial charge in [-0.3, -0.25) is 0 Å². The second-order valence-electron chi connectivity index (χ2n) is 3.47. The molecule has 1 nitrogen and oxygen atoms in total. The fourth-order valence-electron chi connectivity index (χ4n) is 1.36. The zero-order valence-electron chi connectivity index (χ0n) is 6.80. The molecule has 0 aliphatic heterocycles. The van der Waals surface area contributed by atoms with Crippen molar-refractivity contribution in [3.63, 3.8) is 0 Å². The van der Waals surface area contributed by atoms with Gasteiger partial charge in [0.15, 0.2) is 0 Å². The maximum absolute atomic E-state index is 9.90. The summed E-state index contributed by atoms with van der Waals surface area (Å²) in [7, 11) is 0. The lowest BCUT2D eigenvalue weighted by Gasteiger charge is -2.33. The van der Waals surface area contributed by atoms with E-state index in [9.17, 15) is 5.11 Å². The lowest BCUT2D eigenvalue weighted by Crippen LogP contribution is -2.35. The van der Waals surface area contributed by atoms with E-state index in [0.29, 0.717) is 5.92 Å². The fraction of sp³-hybridized carbons (Fsp3) is 0.778. The van der Waals surface area contributed by atoms with E-state index < -0.39 is 5.60 Å². The molecule has 0 unspecified atom stereocenters. The third-order valence-electron chi connectivity index (χ3n) is 2.46. The summed E-state index contributed by atoms with van der Waals surface area (Å²) in [6, 6.07) is 0. The molecular weight excluding hydrogens is 124 g/mol. The third-order valence-corrected chi connectivity index (χ3v) is 2.46. The van der Waals surface area contributed by atoms with Crippen LogP contribution in [0.2, 0.25) is 0 Å². The van der Waals surface area contributed by atoms with Crippen molar-refractivity contribution in [3.05, 3.63) is 12.2 Å². The van der Waals surface area contributed by atoms with Gasteiger partial charge in [-0.2, -0.15) is 0 Å². The Balaban J connectivity index is 2.59. The number of aliphatic hydroxyl groups is 1. The molecule has 0 radical (unpaired) electrons. The molecule has 1 N–H and O–H groups in total. The predicted molar refractivity (Wildman–Crippen MR) is 42.8 cm³/mol. The van der Waals surface area contributed by atoms with Gasteiger partial charge in [0, 0.05) is 0 Å². The molecule has 0 aromatic rings. The van der Waals surface area contributed by atoms with Gasteiger partial charge in [-0.25, -0.2) is 0 Å². The number of hydrogen-bond donors (Lipinski definition) is 1. The van der Waals surface area contributed by atoms with E-state index in [1.807, 2.05) is 0 Å². The Bertz CT molecular complexity index is 138. The van der Waals surface area contributed by atoms with Crippen molar-refractivity contribution < 1.29 is 5.11 Å². The topological polar surface area (TPSA) is 20.2 Å². The monoisotopic (exact) mass is 140 g/mol. The zero-order chi connectivity index (χ0) is 7.61. The minimum absolute atomic E-state index is 0.387. The van der Waals surface area contributed by atoms with Gasteiger partial charge in [0.25, 0.3) is 0 Å². The first-order valence-electron chi connectivity index (χ1n) is 4.02. The summed E-state index contributed by atoms with van der Waals surface area (Å²) in [5.41, 5.74) is -0.408. The van der Waals surface area contributed by atoms with Gasteiger partial charge in [0.1, 0.15) is 0 Å². The first-order chi connectivity index (χ1) is 4.65. The predicted octanol–water partition coefficient (Wildman–Crippen LogP) is 2.11. The Morgan fingerprint density at radius 3 is 2.40 bits per heavy atom. The van der Waals surface area contributed by atoms with E-state index in [4.69, 9.17) is 0 Å². The highest BCUT2D eigenvalue weighted by atomic mass is 16.3. The van der Waals surface area contributed by atoms with Crippen LogP contribution >= 0.6 is 0 Å². The molecule has 0 spiro atoms. The Morgan fingerprint density at radius 2 is 2.10 bits per heavy atom. The first kappa shape index (κ1) is 7.80. The molecule has 0 bridgehead atoms. The largest absolute Gasteiger partial charge is 0.389 e. The molecule has 1 aliphatic rings. The SMILES string of the molecule is CC(C)[C@@]1(O)CC=CCC1. The standard InChI is InChI=1S/C9H16O/c1-8(2)9(10)6-4-3-5-7-9/h3-4,8,10H,5-7H2,1-2H3/t9-/m1/s1. The Kier molecular flexibility index (Phi) is 2.14. The minimum atomic E-state index is -0.408. The summed E-state index contributed by atoms with van der Waals surface area (Å²) in [6.45, 7) is 4.16. The van der Waals surface area contributed by atoms with Crippen LogP contribution in [0.5, 0.6) is 0 Å². The second kappa shape index (κ2) is 2.75. The van der Waals surface area contributed by atoms with Crippen LogP contribution in [-0.2, 0) is 0 Å². The summed E-state index contributed by atoms with van der Waals surface area (Å²) in [5, 5.41) is 9.90. The number of rotatable bonds is 1. The van der Waals surface area contributed by atoms with Crippen LogP contribution in [0.3, 0.4) is 0 Å². The quantitative estimate of drug-likeness (QED) is 0.553. The summed E-state index contributed by atoms with van der Waals surface area (Å²) < 4.78 is 0. The first-order valence-corrected chi connectivity index (χ1v) is 4.02. The van der Waals surface area contributed by atoms with Gasteiger partial charge >= 0.3 is 0 Å². The molecule has 0 saturated carbocycles. The molecule has 1 aliphatic carbocycles. The maximum atomic E-state index is 9.90. The summed E-state index contributed by atoms with van der Waals surface area (Å²) in [4.78, 5) is 0. The summed E-state index contributed by atoms with van der Waals surface area (Å²) >= 11 is 0. The van der Waals surface area contributed by atoms with Crippen molar-refractivity contribution in [1.29, 1.82) is 0 Å². The van der Waals surface area contributed by atoms with E-state index in [1.54, 1.807) is 0 Å². The highest BCUT2D eigenvalue weighted by Crippen LogP contribution is 2.30. The Hall–Kier alpha value is -0.300. The lowest BCUT2D eigenvalue weighted by molar-refractivity contribution is -0.0128. The van der Waals surface area contributed by atoms with E-state index >= 15 is 0 Å². The molecule has 0 fully saturated rings. The van der Waals surface area contributed by atoms with Crippen molar-refractivity contribution in [1.82, 2.24) is 0 Å². The van der Waals surface area contributed by atoms with Crippen LogP contribution in [0.15, 0.2) is 12.2 Å². The van der Waals surface area contributed by atoms with E-state index in [0.717, 1.165) is 19.3 Å². The molecule has 1 heteroatoms. The van der Waals surface area contributed by atoms with Crippen LogP contribution in [0.4, 0.5) is 0 Å². The lowest BCUT2D eigenvalue weighted by atomic mass is 9.80. The Morgan fingerprint density at radius 1 is 1.40 bits per heavy atom. The number of allylic oxidation sites excluding steroid dienone is 1. The van der Waals surface area contributed by atoms with E-state index in [2.05, 4.69) is 26.0 Å². The van der Waals surface area contributed by atoms with Gasteiger partial charge in [-0.05, 0) is 25.2 Å². The van der Waals surface area contributed by atoms with Crippen molar-refractivity contribution in [2.75, 3.05) is 0 Å². The maximum Gasteiger partial charge on any atom is 0.0707 e. The third kappa shape index (κ3) is 1.40. The van der Waals surface area contributed by atoms with Crippen LogP contribution in [-0.4, -0.2) is 10.7 Å². The molecule has 1 rings (SSSR count). The summed E-state index contributed by atoms with van der Waals surface area (Å²) in [5.74, 6) is 0.387. The average molecular weight is 140 g/mol. The van der Waals surface area contributed by atoms with Crippen LogP contribution in [0, 0.1) is 5.92 Å². The van der Waals surface area contributed by atoms with Gasteiger partial charge < -0.3 is 5.11 Å². The zero-order valence-corrected chi connectivity index (χ0v) is 6.80. The molecule has 10 heavy (non-hydrogen) atoms. The van der Waals surface area contributed by atoms with Gasteiger partial charge in [0.2, 0.25) is 0 Å². The normalized spacial score (nSPS) is 33.2. The van der Waals surface area contributed by atoms with Gasteiger partial charge in [-0.1, -0.05) is 26.0 Å². The highest BCUT2D eigenvalue weighted by Gasteiger charge is 2.29. The molecule has 0 aromatic heterocycles. The summed E-state index contributed by atoms with van der Waals surface area (Å²) in [6.07, 6.45) is 7.04. The van der Waals surface area contributed by atoms with Crippen molar-refractivity contribution in [2.24, 2.45) is 5.92 Å². The molecule has 0 heterocycles.